The Hall–Kier alpha value is -1.10. The first-order chi connectivity index (χ1) is 8.29. The number of ether oxygens (including phenoxy) is 1. The van der Waals surface area contributed by atoms with Crippen molar-refractivity contribution in [3.63, 3.8) is 0 Å². The fourth-order valence-corrected chi connectivity index (χ4v) is 3.51. The maximum absolute atomic E-state index is 13.6. The van der Waals surface area contributed by atoms with Crippen LogP contribution < -0.4 is 15.0 Å². The quantitative estimate of drug-likeness (QED) is 0.830. The summed E-state index contributed by atoms with van der Waals surface area (Å²) < 4.78 is 18.7. The van der Waals surface area contributed by atoms with Crippen LogP contribution in [0.1, 0.15) is 0 Å². The Morgan fingerprint density at radius 3 is 3.24 bits per heavy atom. The number of thioether (sulfide) groups is 1. The van der Waals surface area contributed by atoms with Crippen LogP contribution in [0.4, 0.5) is 15.8 Å². The van der Waals surface area contributed by atoms with Gasteiger partial charge < -0.3 is 15.0 Å². The highest BCUT2D eigenvalue weighted by atomic mass is 32.2. The molecule has 0 aliphatic carbocycles. The molecule has 0 amide bonds. The molecule has 0 aromatic heterocycles. The maximum Gasteiger partial charge on any atom is 0.167 e. The Balaban J connectivity index is 2.02. The Morgan fingerprint density at radius 2 is 2.41 bits per heavy atom. The molecule has 2 heterocycles. The second-order valence-electron chi connectivity index (χ2n) is 4.31. The Bertz CT molecular complexity index is 441. The van der Waals surface area contributed by atoms with Gasteiger partial charge in [0.2, 0.25) is 0 Å². The average Bonchev–Trinajstić information content (AvgIpc) is 2.37. The molecule has 3 nitrogen and oxygen atoms in total. The Labute approximate surface area is 104 Å². The smallest absolute Gasteiger partial charge is 0.167 e. The highest BCUT2D eigenvalue weighted by Gasteiger charge is 2.29. The molecule has 0 spiro atoms. The number of fused-ring (bicyclic) bond motifs is 3. The van der Waals surface area contributed by atoms with Crippen LogP contribution in [0.5, 0.6) is 5.75 Å². The second kappa shape index (κ2) is 4.29. The molecule has 1 aromatic rings. The summed E-state index contributed by atoms with van der Waals surface area (Å²) >= 11 is 1.98. The van der Waals surface area contributed by atoms with Crippen molar-refractivity contribution in [1.29, 1.82) is 0 Å². The van der Waals surface area contributed by atoms with Gasteiger partial charge in [0.1, 0.15) is 0 Å². The monoisotopic (exact) mass is 254 g/mol. The molecule has 1 atom stereocenters. The van der Waals surface area contributed by atoms with E-state index in [1.165, 1.54) is 13.2 Å². The van der Waals surface area contributed by atoms with Gasteiger partial charge in [-0.1, -0.05) is 0 Å². The molecule has 1 unspecified atom stereocenters. The first-order valence-electron chi connectivity index (χ1n) is 5.75. The third-order valence-corrected chi connectivity index (χ3v) is 4.43. The molecule has 2 aliphatic rings. The van der Waals surface area contributed by atoms with E-state index in [4.69, 9.17) is 4.74 Å². The van der Waals surface area contributed by atoms with Crippen molar-refractivity contribution in [1.82, 2.24) is 0 Å². The number of nitrogens with one attached hydrogen (secondary N) is 1. The largest absolute Gasteiger partial charge is 0.494 e. The van der Waals surface area contributed by atoms with Gasteiger partial charge in [-0.05, 0) is 0 Å². The minimum Gasteiger partial charge on any atom is -0.494 e. The number of nitrogens with zero attached hydrogens (tertiary/aromatic N) is 1. The van der Waals surface area contributed by atoms with E-state index in [0.29, 0.717) is 11.8 Å². The van der Waals surface area contributed by atoms with Crippen LogP contribution >= 0.6 is 11.8 Å². The topological polar surface area (TPSA) is 24.5 Å². The molecule has 3 rings (SSSR count). The van der Waals surface area contributed by atoms with Gasteiger partial charge in [0, 0.05) is 36.7 Å². The van der Waals surface area contributed by atoms with Crippen molar-refractivity contribution < 1.29 is 9.13 Å². The van der Waals surface area contributed by atoms with Crippen LogP contribution in [0.25, 0.3) is 0 Å². The number of benzene rings is 1. The van der Waals surface area contributed by atoms with E-state index in [1.54, 1.807) is 6.07 Å². The summed E-state index contributed by atoms with van der Waals surface area (Å²) in [6.45, 7) is 1.92. The Morgan fingerprint density at radius 1 is 1.53 bits per heavy atom. The van der Waals surface area contributed by atoms with E-state index >= 15 is 0 Å². The zero-order valence-corrected chi connectivity index (χ0v) is 10.5. The number of rotatable bonds is 1. The lowest BCUT2D eigenvalue weighted by Gasteiger charge is -2.42. The lowest BCUT2D eigenvalue weighted by atomic mass is 10.1. The van der Waals surface area contributed by atoms with E-state index in [9.17, 15) is 4.39 Å². The predicted molar refractivity (Wildman–Crippen MR) is 69.9 cm³/mol. The molecule has 92 valence electrons. The van der Waals surface area contributed by atoms with E-state index in [2.05, 4.69) is 10.2 Å². The average molecular weight is 254 g/mol. The molecule has 5 heteroatoms. The third-order valence-electron chi connectivity index (χ3n) is 3.34. The maximum atomic E-state index is 13.6. The van der Waals surface area contributed by atoms with Gasteiger partial charge in [-0.3, -0.25) is 0 Å². The summed E-state index contributed by atoms with van der Waals surface area (Å²) in [6, 6.07) is 3.85. The van der Waals surface area contributed by atoms with Crippen molar-refractivity contribution in [3.8, 4) is 5.75 Å². The van der Waals surface area contributed by atoms with Crippen LogP contribution in [-0.2, 0) is 0 Å². The number of halogens is 1. The molecule has 1 aromatic carbocycles. The van der Waals surface area contributed by atoms with Crippen LogP contribution in [-0.4, -0.2) is 37.7 Å². The minimum absolute atomic E-state index is 0.302. The highest BCUT2D eigenvalue weighted by Crippen LogP contribution is 2.38. The van der Waals surface area contributed by atoms with E-state index in [0.717, 1.165) is 36.0 Å². The van der Waals surface area contributed by atoms with Crippen LogP contribution in [0.2, 0.25) is 0 Å². The fourth-order valence-electron chi connectivity index (χ4n) is 2.45. The SMILES string of the molecule is COc1cc2c(cc1F)NCC1CSCCN21. The zero-order chi connectivity index (χ0) is 11.8. The zero-order valence-electron chi connectivity index (χ0n) is 9.70. The van der Waals surface area contributed by atoms with Crippen molar-refractivity contribution in [2.75, 3.05) is 41.9 Å². The minimum atomic E-state index is -0.302. The molecular formula is C12H15FN2OS. The second-order valence-corrected chi connectivity index (χ2v) is 5.46. The summed E-state index contributed by atoms with van der Waals surface area (Å²) in [4.78, 5) is 2.37. The molecular weight excluding hydrogens is 239 g/mol. The number of hydrogen-bond donors (Lipinski definition) is 1. The van der Waals surface area contributed by atoms with E-state index in [1.807, 2.05) is 11.8 Å². The van der Waals surface area contributed by atoms with Gasteiger partial charge >= 0.3 is 0 Å². The van der Waals surface area contributed by atoms with Gasteiger partial charge in [-0.2, -0.15) is 11.8 Å². The van der Waals surface area contributed by atoms with Gasteiger partial charge in [0.25, 0.3) is 0 Å². The summed E-state index contributed by atoms with van der Waals surface area (Å²) in [5.41, 5.74) is 1.95. The van der Waals surface area contributed by atoms with Crippen molar-refractivity contribution in [2.24, 2.45) is 0 Å². The van der Waals surface area contributed by atoms with Crippen LogP contribution in [0.3, 0.4) is 0 Å². The lowest BCUT2D eigenvalue weighted by molar-refractivity contribution is 0.386. The van der Waals surface area contributed by atoms with Gasteiger partial charge in [0.05, 0.1) is 24.5 Å². The fraction of sp³-hybridized carbons (Fsp3) is 0.500. The summed E-state index contributed by atoms with van der Waals surface area (Å²) in [7, 11) is 1.50. The third kappa shape index (κ3) is 1.82. The molecule has 1 N–H and O–H groups in total. The van der Waals surface area contributed by atoms with Crippen molar-refractivity contribution in [3.05, 3.63) is 17.9 Å². The van der Waals surface area contributed by atoms with Gasteiger partial charge in [0.15, 0.2) is 11.6 Å². The molecule has 1 saturated heterocycles. The lowest BCUT2D eigenvalue weighted by Crippen LogP contribution is -2.49. The number of anilines is 2. The van der Waals surface area contributed by atoms with Gasteiger partial charge in [-0.15, -0.1) is 0 Å². The Kier molecular flexibility index (Phi) is 2.78. The predicted octanol–water partition coefficient (Wildman–Crippen LogP) is 2.18. The first kappa shape index (κ1) is 11.0. The molecule has 17 heavy (non-hydrogen) atoms. The van der Waals surface area contributed by atoms with Crippen molar-refractivity contribution >= 4 is 23.1 Å². The highest BCUT2D eigenvalue weighted by molar-refractivity contribution is 7.99. The molecule has 0 saturated carbocycles. The summed E-state index contributed by atoms with van der Waals surface area (Å²) in [5, 5.41) is 3.30. The normalized spacial score (nSPS) is 22.5. The van der Waals surface area contributed by atoms with E-state index in [-0.39, 0.29) is 5.82 Å². The number of hydrogen-bond acceptors (Lipinski definition) is 4. The standard InChI is InChI=1S/C12H15FN2OS/c1-16-12-5-11-10(4-9(12)13)14-6-8-7-17-3-2-15(8)11/h4-5,8,14H,2-3,6-7H2,1H3. The summed E-state index contributed by atoms with van der Waals surface area (Å²) in [5.74, 6) is 2.29. The molecule has 2 aliphatic heterocycles. The van der Waals surface area contributed by atoms with E-state index < -0.39 is 0 Å². The van der Waals surface area contributed by atoms with Crippen LogP contribution in [0.15, 0.2) is 12.1 Å². The molecule has 0 bridgehead atoms. The van der Waals surface area contributed by atoms with Crippen LogP contribution in [0, 0.1) is 5.82 Å². The first-order valence-corrected chi connectivity index (χ1v) is 6.91. The number of methoxy groups -OCH3 is 1. The van der Waals surface area contributed by atoms with Crippen molar-refractivity contribution in [2.45, 2.75) is 6.04 Å². The molecule has 1 fully saturated rings. The van der Waals surface area contributed by atoms with Gasteiger partial charge in [-0.25, -0.2) is 4.39 Å². The molecule has 0 radical (unpaired) electrons. The summed E-state index contributed by atoms with van der Waals surface area (Å²) in [6.07, 6.45) is 0.